The van der Waals surface area contributed by atoms with E-state index < -0.39 is 24.0 Å². The second-order valence-electron chi connectivity index (χ2n) is 6.30. The van der Waals surface area contributed by atoms with Gasteiger partial charge in [0.2, 0.25) is 5.91 Å². The van der Waals surface area contributed by atoms with Gasteiger partial charge >= 0.3 is 12.1 Å². The zero-order valence-corrected chi connectivity index (χ0v) is 14.8. The molecule has 27 heavy (non-hydrogen) atoms. The van der Waals surface area contributed by atoms with Crippen LogP contribution in [0.25, 0.3) is 11.1 Å². The molecule has 0 aliphatic heterocycles. The van der Waals surface area contributed by atoms with Crippen LogP contribution in [0, 0.1) is 0 Å². The predicted molar refractivity (Wildman–Crippen MR) is 98.3 cm³/mol. The third-order valence-corrected chi connectivity index (χ3v) is 4.47. The molecular formula is C20H20N2O5. The van der Waals surface area contributed by atoms with Gasteiger partial charge in [-0.2, -0.15) is 0 Å². The lowest BCUT2D eigenvalue weighted by Gasteiger charge is -2.16. The molecule has 0 fully saturated rings. The van der Waals surface area contributed by atoms with Gasteiger partial charge in [-0.25, -0.2) is 9.59 Å². The van der Waals surface area contributed by atoms with Gasteiger partial charge in [0.1, 0.15) is 12.6 Å². The SMILES string of the molecule is CC(=O)N[C@@H](CNC(=O)OCC1c2ccccc2-c2ccccc21)C(=O)O. The number of carboxylic acids is 1. The number of nitrogens with one attached hydrogen (secondary N) is 2. The van der Waals surface area contributed by atoms with E-state index in [1.165, 1.54) is 6.92 Å². The molecular weight excluding hydrogens is 348 g/mol. The fraction of sp³-hybridized carbons (Fsp3) is 0.250. The Morgan fingerprint density at radius 1 is 1.04 bits per heavy atom. The number of aliphatic carboxylic acids is 1. The Morgan fingerprint density at radius 2 is 1.59 bits per heavy atom. The highest BCUT2D eigenvalue weighted by atomic mass is 16.5. The summed E-state index contributed by atoms with van der Waals surface area (Å²) < 4.78 is 5.32. The van der Waals surface area contributed by atoms with Crippen LogP contribution < -0.4 is 10.6 Å². The van der Waals surface area contributed by atoms with Crippen molar-refractivity contribution in [3.05, 3.63) is 59.7 Å². The predicted octanol–water partition coefficient (Wildman–Crippen LogP) is 2.11. The van der Waals surface area contributed by atoms with Gasteiger partial charge < -0.3 is 20.5 Å². The Labute approximate surface area is 156 Å². The van der Waals surface area contributed by atoms with Crippen LogP contribution in [0.1, 0.15) is 24.0 Å². The van der Waals surface area contributed by atoms with Crippen molar-refractivity contribution in [2.45, 2.75) is 18.9 Å². The van der Waals surface area contributed by atoms with E-state index in [2.05, 4.69) is 10.6 Å². The number of hydrogen-bond donors (Lipinski definition) is 3. The van der Waals surface area contributed by atoms with Crippen molar-refractivity contribution in [1.82, 2.24) is 10.6 Å². The van der Waals surface area contributed by atoms with Gasteiger partial charge in [-0.05, 0) is 22.3 Å². The van der Waals surface area contributed by atoms with Crippen LogP contribution in [0.3, 0.4) is 0 Å². The maximum Gasteiger partial charge on any atom is 0.407 e. The third-order valence-electron chi connectivity index (χ3n) is 4.47. The molecule has 7 nitrogen and oxygen atoms in total. The molecule has 0 aromatic heterocycles. The van der Waals surface area contributed by atoms with E-state index in [9.17, 15) is 14.4 Å². The standard InChI is InChI=1S/C20H20N2O5/c1-12(23)22-18(19(24)25)10-21-20(26)27-11-17-15-8-4-2-6-13(15)14-7-3-5-9-16(14)17/h2-9,17-18H,10-11H2,1H3,(H,21,26)(H,22,23)(H,24,25)/t18-/m0/s1. The van der Waals surface area contributed by atoms with Crippen molar-refractivity contribution < 1.29 is 24.2 Å². The number of carbonyl (C=O) groups excluding carboxylic acids is 2. The summed E-state index contributed by atoms with van der Waals surface area (Å²) in [5, 5.41) is 13.7. The number of rotatable bonds is 6. The molecule has 0 spiro atoms. The van der Waals surface area contributed by atoms with E-state index in [-0.39, 0.29) is 19.1 Å². The molecule has 0 radical (unpaired) electrons. The first-order valence-electron chi connectivity index (χ1n) is 8.56. The van der Waals surface area contributed by atoms with E-state index in [4.69, 9.17) is 9.84 Å². The van der Waals surface area contributed by atoms with Crippen molar-refractivity contribution in [2.24, 2.45) is 0 Å². The molecule has 1 atom stereocenters. The minimum atomic E-state index is -1.23. The molecule has 0 bridgehead atoms. The number of carbonyl (C=O) groups is 3. The Balaban J connectivity index is 1.62. The average Bonchev–Trinajstić information content (AvgIpc) is 2.97. The monoisotopic (exact) mass is 368 g/mol. The van der Waals surface area contributed by atoms with Crippen LogP contribution in [0.5, 0.6) is 0 Å². The molecule has 3 N–H and O–H groups in total. The number of ether oxygens (including phenoxy) is 1. The molecule has 2 amide bonds. The average molecular weight is 368 g/mol. The lowest BCUT2D eigenvalue weighted by molar-refractivity contribution is -0.141. The molecule has 0 unspecified atom stereocenters. The first-order valence-corrected chi connectivity index (χ1v) is 8.56. The maximum absolute atomic E-state index is 12.0. The molecule has 2 aromatic carbocycles. The van der Waals surface area contributed by atoms with Crippen LogP contribution >= 0.6 is 0 Å². The molecule has 0 heterocycles. The number of fused-ring (bicyclic) bond motifs is 3. The number of alkyl carbamates (subject to hydrolysis) is 1. The molecule has 0 saturated carbocycles. The summed E-state index contributed by atoms with van der Waals surface area (Å²) >= 11 is 0. The number of hydrogen-bond acceptors (Lipinski definition) is 4. The van der Waals surface area contributed by atoms with Crippen molar-refractivity contribution in [2.75, 3.05) is 13.2 Å². The Kier molecular flexibility index (Phi) is 5.40. The highest BCUT2D eigenvalue weighted by Gasteiger charge is 2.29. The van der Waals surface area contributed by atoms with E-state index in [0.717, 1.165) is 22.3 Å². The number of benzene rings is 2. The van der Waals surface area contributed by atoms with Crippen molar-refractivity contribution >= 4 is 18.0 Å². The highest BCUT2D eigenvalue weighted by Crippen LogP contribution is 2.44. The lowest BCUT2D eigenvalue weighted by atomic mass is 9.98. The largest absolute Gasteiger partial charge is 0.480 e. The van der Waals surface area contributed by atoms with Gasteiger partial charge in [-0.3, -0.25) is 4.79 Å². The van der Waals surface area contributed by atoms with Gasteiger partial charge in [-0.1, -0.05) is 48.5 Å². The Morgan fingerprint density at radius 3 is 2.11 bits per heavy atom. The molecule has 0 saturated heterocycles. The van der Waals surface area contributed by atoms with Crippen molar-refractivity contribution in [1.29, 1.82) is 0 Å². The van der Waals surface area contributed by atoms with E-state index in [1.54, 1.807) is 0 Å². The summed E-state index contributed by atoms with van der Waals surface area (Å²) in [5.74, 6) is -1.80. The van der Waals surface area contributed by atoms with E-state index in [0.29, 0.717) is 0 Å². The van der Waals surface area contributed by atoms with Crippen molar-refractivity contribution in [3.8, 4) is 11.1 Å². The summed E-state index contributed by atoms with van der Waals surface area (Å²) in [7, 11) is 0. The summed E-state index contributed by atoms with van der Waals surface area (Å²) in [6.45, 7) is 1.09. The van der Waals surface area contributed by atoms with Gasteiger partial charge in [0.25, 0.3) is 0 Å². The highest BCUT2D eigenvalue weighted by molar-refractivity contribution is 5.83. The fourth-order valence-electron chi connectivity index (χ4n) is 3.28. The van der Waals surface area contributed by atoms with Crippen LogP contribution in [0.4, 0.5) is 4.79 Å². The molecule has 1 aliphatic carbocycles. The third kappa shape index (κ3) is 4.08. The Hall–Kier alpha value is -3.35. The fourth-order valence-corrected chi connectivity index (χ4v) is 3.28. The maximum atomic E-state index is 12.0. The van der Waals surface area contributed by atoms with Crippen molar-refractivity contribution in [3.63, 3.8) is 0 Å². The summed E-state index contributed by atoms with van der Waals surface area (Å²) in [6, 6.07) is 14.7. The number of carboxylic acid groups (broad SMARTS) is 1. The zero-order valence-electron chi connectivity index (χ0n) is 14.8. The zero-order chi connectivity index (χ0) is 19.4. The molecule has 3 rings (SSSR count). The Bertz CT molecular complexity index is 835. The smallest absolute Gasteiger partial charge is 0.407 e. The van der Waals surface area contributed by atoms with Crippen LogP contribution in [-0.2, 0) is 14.3 Å². The lowest BCUT2D eigenvalue weighted by Crippen LogP contribution is -2.47. The second kappa shape index (κ2) is 7.90. The first kappa shape index (κ1) is 18.4. The van der Waals surface area contributed by atoms with E-state index >= 15 is 0 Å². The minimum Gasteiger partial charge on any atom is -0.480 e. The minimum absolute atomic E-state index is 0.0752. The van der Waals surface area contributed by atoms with E-state index in [1.807, 2.05) is 48.5 Å². The molecule has 2 aromatic rings. The molecule has 1 aliphatic rings. The second-order valence-corrected chi connectivity index (χ2v) is 6.30. The molecule has 7 heteroatoms. The van der Waals surface area contributed by atoms with Crippen LogP contribution in [-0.4, -0.2) is 42.3 Å². The first-order chi connectivity index (χ1) is 13.0. The topological polar surface area (TPSA) is 105 Å². The summed E-state index contributed by atoms with van der Waals surface area (Å²) in [6.07, 6.45) is -0.728. The van der Waals surface area contributed by atoms with Gasteiger partial charge in [0.15, 0.2) is 0 Å². The van der Waals surface area contributed by atoms with Gasteiger partial charge in [0, 0.05) is 12.8 Å². The summed E-state index contributed by atoms with van der Waals surface area (Å²) in [4.78, 5) is 34.1. The van der Waals surface area contributed by atoms with Gasteiger partial charge in [-0.15, -0.1) is 0 Å². The normalized spacial score (nSPS) is 13.2. The van der Waals surface area contributed by atoms with Gasteiger partial charge in [0.05, 0.1) is 6.54 Å². The molecule has 140 valence electrons. The quantitative estimate of drug-likeness (QED) is 0.724. The number of amides is 2. The summed E-state index contributed by atoms with van der Waals surface area (Å²) in [5.41, 5.74) is 4.43. The van der Waals surface area contributed by atoms with Crippen LogP contribution in [0.15, 0.2) is 48.5 Å². The van der Waals surface area contributed by atoms with Crippen LogP contribution in [0.2, 0.25) is 0 Å².